The van der Waals surface area contributed by atoms with Gasteiger partial charge in [0.25, 0.3) is 11.5 Å². The molecule has 1 aromatic carbocycles. The van der Waals surface area contributed by atoms with Crippen LogP contribution in [0.1, 0.15) is 83.5 Å². The Balaban J connectivity index is 1.12. The number of benzene rings is 1. The number of fused-ring (bicyclic) bond motifs is 5. The van der Waals surface area contributed by atoms with Crippen molar-refractivity contribution in [2.75, 3.05) is 6.54 Å². The van der Waals surface area contributed by atoms with Crippen LogP contribution in [0.15, 0.2) is 47.8 Å². The van der Waals surface area contributed by atoms with Crippen LogP contribution in [-0.2, 0) is 35.7 Å². The van der Waals surface area contributed by atoms with E-state index in [1.807, 2.05) is 24.3 Å². The smallest absolute Gasteiger partial charge is 0.408 e. The zero-order valence-corrected chi connectivity index (χ0v) is 31.2. The van der Waals surface area contributed by atoms with Crippen LogP contribution in [-0.4, -0.2) is 83.3 Å². The Morgan fingerprint density at radius 2 is 1.69 bits per heavy atom. The lowest BCUT2D eigenvalue weighted by molar-refractivity contribution is -0.142. The van der Waals surface area contributed by atoms with E-state index in [0.717, 1.165) is 57.8 Å². The summed E-state index contributed by atoms with van der Waals surface area (Å²) in [5.74, 6) is -2.04. The molecule has 2 bridgehead atoms. The highest BCUT2D eigenvalue weighted by molar-refractivity contribution is 7.91. The summed E-state index contributed by atoms with van der Waals surface area (Å²) in [5, 5.41) is 6.34. The molecule has 1 aromatic heterocycles. The predicted octanol–water partition coefficient (Wildman–Crippen LogP) is 3.27. The normalized spacial score (nSPS) is 31.8. The van der Waals surface area contributed by atoms with Gasteiger partial charge in [-0.1, -0.05) is 50.0 Å². The Morgan fingerprint density at radius 1 is 0.944 bits per heavy atom. The van der Waals surface area contributed by atoms with E-state index in [4.69, 9.17) is 9.47 Å². The predicted molar refractivity (Wildman–Crippen MR) is 198 cm³/mol. The molecule has 7 atom stereocenters. The van der Waals surface area contributed by atoms with Gasteiger partial charge in [-0.15, -0.1) is 6.58 Å². The topological polar surface area (TPSA) is 182 Å². The first-order chi connectivity index (χ1) is 26.0. The van der Waals surface area contributed by atoms with Crippen molar-refractivity contribution in [1.29, 1.82) is 0 Å². The number of aromatic nitrogens is 1. The van der Waals surface area contributed by atoms with Crippen molar-refractivity contribution in [1.82, 2.24) is 24.8 Å². The van der Waals surface area contributed by atoms with Gasteiger partial charge < -0.3 is 25.0 Å². The van der Waals surface area contributed by atoms with Gasteiger partial charge in [-0.2, -0.15) is 0 Å². The third-order valence-corrected chi connectivity index (χ3v) is 14.2. The highest BCUT2D eigenvalue weighted by Gasteiger charge is 2.62. The van der Waals surface area contributed by atoms with Crippen LogP contribution < -0.4 is 25.7 Å². The van der Waals surface area contributed by atoms with Crippen molar-refractivity contribution in [2.45, 2.75) is 125 Å². The number of ether oxygens (including phenoxy) is 2. The summed E-state index contributed by atoms with van der Waals surface area (Å²) in [7, 11) is -3.90. The zero-order valence-electron chi connectivity index (χ0n) is 30.4. The summed E-state index contributed by atoms with van der Waals surface area (Å²) in [6.45, 7) is 4.18. The Hall–Kier alpha value is -4.40. The molecule has 4 aliphatic carbocycles. The van der Waals surface area contributed by atoms with Crippen LogP contribution in [0.3, 0.4) is 0 Å². The number of carbonyl (C=O) groups excluding carboxylic acids is 4. The first kappa shape index (κ1) is 36.6. The maximum Gasteiger partial charge on any atom is 0.408 e. The first-order valence-corrected chi connectivity index (χ1v) is 21.1. The van der Waals surface area contributed by atoms with Crippen molar-refractivity contribution >= 4 is 44.6 Å². The standard InChI is InChI=1S/C39H49N5O9S/c1-2-26-21-39(26,37(48)42-54(50,51)28-15-16-28)41-34(45)30-20-27-22-44(30)36(47)33(23-10-5-6-11-23)40-38(49)53-31-18-25(31)13-4-3-9-17-43-32(52-27)19-24-12-7-8-14-29(24)35(43)46/h2,7-8,12,14,19,23,25-28,30-31,33H,1,3-6,9-11,13,15-18,20-22H2,(H,40,49)(H,41,45)(H,42,48)/t25-,26+,27+,30-,31-,33-,39+/m0/s1. The van der Waals surface area contributed by atoms with Gasteiger partial charge in [0, 0.05) is 30.3 Å². The minimum Gasteiger partial charge on any atom is -0.473 e. The second kappa shape index (κ2) is 14.3. The number of rotatable bonds is 7. The van der Waals surface area contributed by atoms with E-state index in [0.29, 0.717) is 36.0 Å². The average Bonchev–Trinajstić information content (AvgIpc) is 4.11. The third-order valence-electron chi connectivity index (χ3n) is 12.3. The van der Waals surface area contributed by atoms with Gasteiger partial charge in [0.2, 0.25) is 21.8 Å². The molecule has 14 nitrogen and oxygen atoms in total. The van der Waals surface area contributed by atoms with Gasteiger partial charge in [0.15, 0.2) is 5.88 Å². The molecule has 1 saturated heterocycles. The largest absolute Gasteiger partial charge is 0.473 e. The van der Waals surface area contributed by atoms with Crippen LogP contribution in [0.4, 0.5) is 4.79 Å². The summed E-state index contributed by atoms with van der Waals surface area (Å²) in [5.41, 5.74) is -1.73. The third kappa shape index (κ3) is 7.23. The van der Waals surface area contributed by atoms with Gasteiger partial charge in [-0.25, -0.2) is 13.2 Å². The first-order valence-electron chi connectivity index (χ1n) is 19.5. The van der Waals surface area contributed by atoms with Gasteiger partial charge in [-0.05, 0) is 74.7 Å². The fraction of sp³-hybridized carbons (Fsp3) is 0.615. The molecule has 0 spiro atoms. The molecule has 8 rings (SSSR count). The number of carbonyl (C=O) groups is 4. The monoisotopic (exact) mass is 763 g/mol. The summed E-state index contributed by atoms with van der Waals surface area (Å²) >= 11 is 0. The molecule has 3 heterocycles. The number of alkyl carbamates (subject to hydrolysis) is 1. The number of hydrogen-bond acceptors (Lipinski definition) is 9. The number of nitrogens with zero attached hydrogens (tertiary/aromatic N) is 2. The van der Waals surface area contributed by atoms with Gasteiger partial charge >= 0.3 is 6.09 Å². The molecule has 54 heavy (non-hydrogen) atoms. The maximum atomic E-state index is 14.7. The molecule has 3 N–H and O–H groups in total. The van der Waals surface area contributed by atoms with Gasteiger partial charge in [0.05, 0.1) is 11.8 Å². The molecule has 4 amide bonds. The van der Waals surface area contributed by atoms with Crippen LogP contribution in [0.25, 0.3) is 10.8 Å². The van der Waals surface area contributed by atoms with Gasteiger partial charge in [0.1, 0.15) is 29.8 Å². The molecular weight excluding hydrogens is 715 g/mol. The number of pyridine rings is 1. The van der Waals surface area contributed by atoms with Crippen LogP contribution in [0.5, 0.6) is 5.88 Å². The van der Waals surface area contributed by atoms with Crippen LogP contribution in [0.2, 0.25) is 0 Å². The molecule has 4 saturated carbocycles. The van der Waals surface area contributed by atoms with Gasteiger partial charge in [-0.3, -0.25) is 28.5 Å². The van der Waals surface area contributed by atoms with E-state index in [9.17, 15) is 32.4 Å². The highest BCUT2D eigenvalue weighted by Crippen LogP contribution is 2.46. The second-order valence-corrected chi connectivity index (χ2v) is 18.1. The fourth-order valence-electron chi connectivity index (χ4n) is 8.82. The zero-order chi connectivity index (χ0) is 37.8. The average molecular weight is 764 g/mol. The molecule has 6 aliphatic rings. The Kier molecular flexibility index (Phi) is 9.72. The molecule has 15 heteroatoms. The lowest BCUT2D eigenvalue weighted by atomic mass is 9.96. The van der Waals surface area contributed by atoms with Crippen molar-refractivity contribution in [3.8, 4) is 5.88 Å². The van der Waals surface area contributed by atoms with Crippen molar-refractivity contribution in [3.05, 3.63) is 53.3 Å². The molecular formula is C39H49N5O9S. The molecule has 5 fully saturated rings. The Labute approximate surface area is 314 Å². The quantitative estimate of drug-likeness (QED) is 0.357. The number of sulfonamides is 1. The summed E-state index contributed by atoms with van der Waals surface area (Å²) in [6.07, 6.45) is 8.42. The minimum absolute atomic E-state index is 0.0251. The fourth-order valence-corrected chi connectivity index (χ4v) is 10.2. The van der Waals surface area contributed by atoms with E-state index in [1.165, 1.54) is 11.0 Å². The van der Waals surface area contributed by atoms with E-state index >= 15 is 0 Å². The van der Waals surface area contributed by atoms with E-state index in [2.05, 4.69) is 21.9 Å². The lowest BCUT2D eigenvalue weighted by Gasteiger charge is -2.32. The second-order valence-electron chi connectivity index (χ2n) is 16.1. The van der Waals surface area contributed by atoms with E-state index in [1.54, 1.807) is 10.6 Å². The van der Waals surface area contributed by atoms with Crippen LogP contribution in [0, 0.1) is 17.8 Å². The molecule has 0 unspecified atom stereocenters. The van der Waals surface area contributed by atoms with Crippen molar-refractivity contribution in [3.63, 3.8) is 0 Å². The SMILES string of the molecule is C=C[C@@H]1C[C@]1(NC(=O)[C@@H]1C[C@@H]2CN1C(=O)[C@H](C1CCCC1)NC(=O)O[C@H]1C[C@@H]1CCCCCn1c(cc3ccccc3c1=O)O2)C(=O)NS(=O)(=O)C1CC1. The highest BCUT2D eigenvalue weighted by atomic mass is 32.2. The number of nitrogens with one attached hydrogen (secondary N) is 3. The summed E-state index contributed by atoms with van der Waals surface area (Å²) in [6, 6.07) is 7.03. The Bertz CT molecular complexity index is 2020. The molecule has 0 radical (unpaired) electrons. The minimum atomic E-state index is -3.90. The Morgan fingerprint density at radius 3 is 2.43 bits per heavy atom. The lowest BCUT2D eigenvalue weighted by Crippen LogP contribution is -2.59. The van der Waals surface area contributed by atoms with E-state index < -0.39 is 68.7 Å². The van der Waals surface area contributed by atoms with Crippen molar-refractivity contribution < 1.29 is 37.1 Å². The number of hydrogen-bond donors (Lipinski definition) is 3. The van der Waals surface area contributed by atoms with Crippen molar-refractivity contribution in [2.24, 2.45) is 17.8 Å². The summed E-state index contributed by atoms with van der Waals surface area (Å²) in [4.78, 5) is 71.2. The summed E-state index contributed by atoms with van der Waals surface area (Å²) < 4.78 is 41.7. The number of amides is 4. The van der Waals surface area contributed by atoms with E-state index in [-0.39, 0.29) is 42.9 Å². The molecule has 290 valence electrons. The maximum absolute atomic E-state index is 14.7. The molecule has 2 aliphatic heterocycles. The van der Waals surface area contributed by atoms with Crippen LogP contribution >= 0.6 is 0 Å². The molecule has 2 aromatic rings.